The highest BCUT2D eigenvalue weighted by Crippen LogP contribution is 2.23. The monoisotopic (exact) mass is 367 g/mol. The van der Waals surface area contributed by atoms with Crippen molar-refractivity contribution in [1.29, 1.82) is 0 Å². The highest BCUT2D eigenvalue weighted by Gasteiger charge is 2.25. The SMILES string of the molecule is COCCn1cnn(CN2CCC(CC(=O)N3CCCC3)CC2)c1=S. The summed E-state index contributed by atoms with van der Waals surface area (Å²) in [6.07, 6.45) is 7.00. The number of carbonyl (C=O) groups excluding carboxylic acids is 1. The first kappa shape index (κ1) is 18.5. The lowest BCUT2D eigenvalue weighted by molar-refractivity contribution is -0.131. The number of amides is 1. The lowest BCUT2D eigenvalue weighted by atomic mass is 9.93. The van der Waals surface area contributed by atoms with Crippen LogP contribution in [0, 0.1) is 10.7 Å². The van der Waals surface area contributed by atoms with Gasteiger partial charge in [-0.2, -0.15) is 5.10 Å². The third kappa shape index (κ3) is 4.89. The van der Waals surface area contributed by atoms with Gasteiger partial charge in [-0.3, -0.25) is 9.69 Å². The van der Waals surface area contributed by atoms with E-state index in [1.807, 2.05) is 14.1 Å². The van der Waals surface area contributed by atoms with Crippen LogP contribution in [0.2, 0.25) is 0 Å². The van der Waals surface area contributed by atoms with Crippen molar-refractivity contribution >= 4 is 18.1 Å². The van der Waals surface area contributed by atoms with Crippen LogP contribution in [0.5, 0.6) is 0 Å². The molecule has 1 aromatic rings. The molecule has 2 fully saturated rings. The zero-order chi connectivity index (χ0) is 17.6. The van der Waals surface area contributed by atoms with E-state index in [0.717, 1.165) is 63.4 Å². The maximum Gasteiger partial charge on any atom is 0.222 e. The van der Waals surface area contributed by atoms with E-state index in [9.17, 15) is 4.79 Å². The lowest BCUT2D eigenvalue weighted by Gasteiger charge is -2.32. The molecule has 0 N–H and O–H groups in total. The van der Waals surface area contributed by atoms with E-state index < -0.39 is 0 Å². The lowest BCUT2D eigenvalue weighted by Crippen LogP contribution is -2.37. The molecular weight excluding hydrogens is 338 g/mol. The van der Waals surface area contributed by atoms with Crippen LogP contribution in [0.3, 0.4) is 0 Å². The van der Waals surface area contributed by atoms with Gasteiger partial charge in [-0.15, -0.1) is 0 Å². The van der Waals surface area contributed by atoms with Crippen molar-refractivity contribution in [1.82, 2.24) is 24.1 Å². The Labute approximate surface area is 154 Å². The first-order chi connectivity index (χ1) is 12.2. The van der Waals surface area contributed by atoms with Gasteiger partial charge in [0.1, 0.15) is 6.33 Å². The quantitative estimate of drug-likeness (QED) is 0.687. The van der Waals surface area contributed by atoms with Gasteiger partial charge in [0.15, 0.2) is 4.77 Å². The Morgan fingerprint density at radius 2 is 2.00 bits per heavy atom. The van der Waals surface area contributed by atoms with E-state index in [0.29, 0.717) is 18.4 Å². The van der Waals surface area contributed by atoms with E-state index in [4.69, 9.17) is 17.0 Å². The molecule has 25 heavy (non-hydrogen) atoms. The standard InChI is InChI=1S/C17H29N5O2S/c1-24-11-10-21-13-18-22(17(21)25)14-19-8-4-15(5-9-19)12-16(23)20-6-2-3-7-20/h13,15H,2-12,14H2,1H3. The number of hydrogen-bond donors (Lipinski definition) is 0. The van der Waals surface area contributed by atoms with Crippen LogP contribution in [0.25, 0.3) is 0 Å². The topological polar surface area (TPSA) is 55.5 Å². The second-order valence-electron chi connectivity index (χ2n) is 7.09. The summed E-state index contributed by atoms with van der Waals surface area (Å²) in [6.45, 7) is 6.02. The molecule has 2 aliphatic heterocycles. The van der Waals surface area contributed by atoms with E-state index >= 15 is 0 Å². The van der Waals surface area contributed by atoms with Gasteiger partial charge in [-0.25, -0.2) is 4.68 Å². The minimum absolute atomic E-state index is 0.357. The average Bonchev–Trinajstić information content (AvgIpc) is 3.26. The molecule has 1 aromatic heterocycles. The zero-order valence-electron chi connectivity index (χ0n) is 15.1. The molecule has 140 valence electrons. The molecule has 3 rings (SSSR count). The van der Waals surface area contributed by atoms with Crippen molar-refractivity contribution in [2.24, 2.45) is 5.92 Å². The summed E-state index contributed by atoms with van der Waals surface area (Å²) < 4.78 is 9.65. The van der Waals surface area contributed by atoms with Crippen molar-refractivity contribution in [3.63, 3.8) is 0 Å². The Balaban J connectivity index is 1.44. The van der Waals surface area contributed by atoms with Gasteiger partial charge in [0.25, 0.3) is 0 Å². The third-order valence-electron chi connectivity index (χ3n) is 5.30. The van der Waals surface area contributed by atoms with Crippen molar-refractivity contribution in [3.8, 4) is 0 Å². The first-order valence-electron chi connectivity index (χ1n) is 9.28. The van der Waals surface area contributed by atoms with Crippen molar-refractivity contribution in [2.45, 2.75) is 45.3 Å². The molecule has 0 bridgehead atoms. The summed E-state index contributed by atoms with van der Waals surface area (Å²) in [5.41, 5.74) is 0. The number of ether oxygens (including phenoxy) is 1. The molecule has 0 aromatic carbocycles. The number of rotatable bonds is 7. The van der Waals surface area contributed by atoms with Gasteiger partial charge >= 0.3 is 0 Å². The van der Waals surface area contributed by atoms with Gasteiger partial charge in [0.2, 0.25) is 5.91 Å². The normalized spacial score (nSPS) is 19.6. The Morgan fingerprint density at radius 1 is 1.28 bits per heavy atom. The summed E-state index contributed by atoms with van der Waals surface area (Å²) >= 11 is 5.48. The van der Waals surface area contributed by atoms with Crippen molar-refractivity contribution < 1.29 is 9.53 Å². The Hall–Kier alpha value is -1.25. The summed E-state index contributed by atoms with van der Waals surface area (Å²) in [6, 6.07) is 0. The Morgan fingerprint density at radius 3 is 2.68 bits per heavy atom. The van der Waals surface area contributed by atoms with Gasteiger partial charge in [-0.05, 0) is 43.8 Å². The molecule has 0 aliphatic carbocycles. The molecule has 8 heteroatoms. The van der Waals surface area contributed by atoms with Crippen LogP contribution >= 0.6 is 12.2 Å². The van der Waals surface area contributed by atoms with Crippen LogP contribution in [-0.4, -0.2) is 70.0 Å². The number of nitrogens with zero attached hydrogens (tertiary/aromatic N) is 5. The largest absolute Gasteiger partial charge is 0.383 e. The van der Waals surface area contributed by atoms with E-state index in [2.05, 4.69) is 10.00 Å². The summed E-state index contributed by atoms with van der Waals surface area (Å²) in [4.78, 5) is 16.7. The van der Waals surface area contributed by atoms with Crippen molar-refractivity contribution in [3.05, 3.63) is 11.1 Å². The summed E-state index contributed by atoms with van der Waals surface area (Å²) in [5.74, 6) is 0.881. The second kappa shape index (κ2) is 8.91. The molecule has 0 spiro atoms. The first-order valence-corrected chi connectivity index (χ1v) is 9.69. The molecule has 0 radical (unpaired) electrons. The number of aromatic nitrogens is 3. The number of hydrogen-bond acceptors (Lipinski definition) is 5. The maximum absolute atomic E-state index is 12.3. The highest BCUT2D eigenvalue weighted by molar-refractivity contribution is 7.71. The fraction of sp³-hybridized carbons (Fsp3) is 0.824. The molecule has 0 unspecified atom stereocenters. The molecule has 3 heterocycles. The summed E-state index contributed by atoms with van der Waals surface area (Å²) in [7, 11) is 1.69. The molecule has 2 aliphatic rings. The number of methoxy groups -OCH3 is 1. The fourth-order valence-corrected chi connectivity index (χ4v) is 3.92. The van der Waals surface area contributed by atoms with Crippen LogP contribution in [0.15, 0.2) is 6.33 Å². The van der Waals surface area contributed by atoms with Crippen LogP contribution in [0.1, 0.15) is 32.1 Å². The minimum atomic E-state index is 0.357. The molecule has 0 saturated carbocycles. The summed E-state index contributed by atoms with van der Waals surface area (Å²) in [5, 5.41) is 4.40. The number of piperidine rings is 1. The Bertz CT molecular complexity index is 615. The molecular formula is C17H29N5O2S. The number of carbonyl (C=O) groups is 1. The van der Waals surface area contributed by atoms with Crippen LogP contribution in [0.4, 0.5) is 0 Å². The van der Waals surface area contributed by atoms with Crippen LogP contribution < -0.4 is 0 Å². The van der Waals surface area contributed by atoms with Gasteiger partial charge in [-0.1, -0.05) is 0 Å². The molecule has 7 nitrogen and oxygen atoms in total. The van der Waals surface area contributed by atoms with Crippen LogP contribution in [-0.2, 0) is 22.7 Å². The average molecular weight is 368 g/mol. The van der Waals surface area contributed by atoms with E-state index in [-0.39, 0.29) is 0 Å². The predicted molar refractivity (Wildman–Crippen MR) is 97.7 cm³/mol. The molecule has 0 atom stereocenters. The maximum atomic E-state index is 12.3. The predicted octanol–water partition coefficient (Wildman–Crippen LogP) is 1.74. The van der Waals surface area contributed by atoms with E-state index in [1.54, 1.807) is 13.4 Å². The molecule has 2 saturated heterocycles. The molecule has 1 amide bonds. The van der Waals surface area contributed by atoms with Gasteiger partial charge in [0, 0.05) is 46.3 Å². The minimum Gasteiger partial charge on any atom is -0.383 e. The van der Waals surface area contributed by atoms with Crippen molar-refractivity contribution in [2.75, 3.05) is 39.9 Å². The third-order valence-corrected chi connectivity index (χ3v) is 5.74. The van der Waals surface area contributed by atoms with Gasteiger partial charge < -0.3 is 14.2 Å². The fourth-order valence-electron chi connectivity index (χ4n) is 3.68. The van der Waals surface area contributed by atoms with E-state index in [1.165, 1.54) is 12.8 Å². The highest BCUT2D eigenvalue weighted by atomic mass is 32.1. The second-order valence-corrected chi connectivity index (χ2v) is 7.46. The Kier molecular flexibility index (Phi) is 6.61. The zero-order valence-corrected chi connectivity index (χ0v) is 15.9. The van der Waals surface area contributed by atoms with Gasteiger partial charge in [0.05, 0.1) is 13.3 Å². The number of likely N-dealkylation sites (tertiary alicyclic amines) is 2. The smallest absolute Gasteiger partial charge is 0.222 e.